The van der Waals surface area contributed by atoms with Gasteiger partial charge < -0.3 is 0 Å². The Bertz CT molecular complexity index is 2270. The molecule has 184 valence electrons. The summed E-state index contributed by atoms with van der Waals surface area (Å²) in [7, 11) is 0. The molecule has 3 nitrogen and oxygen atoms in total. The first-order valence-corrected chi connectivity index (χ1v) is 15.7. The van der Waals surface area contributed by atoms with Crippen molar-refractivity contribution in [1.29, 1.82) is 0 Å². The highest BCUT2D eigenvalue weighted by molar-refractivity contribution is 8.25. The van der Waals surface area contributed by atoms with Gasteiger partial charge in [0.15, 0.2) is 0 Å². The van der Waals surface area contributed by atoms with Gasteiger partial charge >= 0.3 is 0 Å². The van der Waals surface area contributed by atoms with Crippen LogP contribution in [0.2, 0.25) is 0 Å². The number of fused-ring (bicyclic) bond motifs is 9. The Morgan fingerprint density at radius 3 is 2.23 bits per heavy atom. The molecule has 8 aromatic rings. The molecule has 0 aliphatic heterocycles. The lowest BCUT2D eigenvalue weighted by Crippen LogP contribution is -2.26. The second-order valence-electron chi connectivity index (χ2n) is 9.83. The van der Waals surface area contributed by atoms with E-state index in [0.29, 0.717) is 0 Å². The molecule has 0 saturated carbocycles. The van der Waals surface area contributed by atoms with E-state index < -0.39 is 6.04 Å². The highest BCUT2D eigenvalue weighted by Gasteiger charge is 2.29. The quantitative estimate of drug-likeness (QED) is 0.179. The fraction of sp³-hybridized carbons (Fsp3) is 0. The van der Waals surface area contributed by atoms with E-state index in [1.54, 1.807) is 0 Å². The van der Waals surface area contributed by atoms with Gasteiger partial charge in [-0.05, 0) is 45.7 Å². The average molecular weight is 536 g/mol. The van der Waals surface area contributed by atoms with Gasteiger partial charge in [0.2, 0.25) is 0 Å². The van der Waals surface area contributed by atoms with Crippen molar-refractivity contribution < 1.29 is 0 Å². The molecule has 0 aliphatic rings. The van der Waals surface area contributed by atoms with Gasteiger partial charge in [0.25, 0.3) is 0 Å². The Labute approximate surface area is 230 Å². The number of benzene rings is 5. The lowest BCUT2D eigenvalue weighted by atomic mass is 10.1. The van der Waals surface area contributed by atoms with E-state index in [-0.39, 0.29) is 0 Å². The Balaban J connectivity index is 1.57. The Kier molecular flexibility index (Phi) is 4.97. The number of para-hydroxylation sites is 2. The number of nitrogens with zero attached hydrogens (tertiary/aromatic N) is 3. The van der Waals surface area contributed by atoms with Crippen LogP contribution in [-0.2, 0) is 11.8 Å². The molecule has 0 bridgehead atoms. The van der Waals surface area contributed by atoms with Gasteiger partial charge in [-0.15, -0.1) is 0 Å². The van der Waals surface area contributed by atoms with Crippen molar-refractivity contribution in [1.82, 2.24) is 14.4 Å². The third kappa shape index (κ3) is 3.26. The van der Waals surface area contributed by atoms with E-state index in [9.17, 15) is 0 Å². The van der Waals surface area contributed by atoms with Gasteiger partial charge in [0.05, 0.1) is 16.6 Å². The minimum Gasteiger partial charge on any atom is -0.291 e. The number of aromatic nitrogens is 3. The van der Waals surface area contributed by atoms with Crippen LogP contribution in [0.1, 0.15) is 0 Å². The molecule has 1 atom stereocenters. The molecule has 1 unspecified atom stereocenters. The third-order valence-electron chi connectivity index (χ3n) is 7.70. The monoisotopic (exact) mass is 535 g/mol. The molecule has 0 spiro atoms. The van der Waals surface area contributed by atoms with Crippen molar-refractivity contribution in [3.63, 3.8) is 0 Å². The number of pyridine rings is 2. The van der Waals surface area contributed by atoms with Crippen molar-refractivity contribution in [2.75, 3.05) is 0 Å². The number of hydrogen-bond acceptors (Lipinski definition) is 3. The summed E-state index contributed by atoms with van der Waals surface area (Å²) in [4.78, 5) is 9.75. The summed E-state index contributed by atoms with van der Waals surface area (Å²) in [6.07, 6.45) is 3.77. The van der Waals surface area contributed by atoms with Gasteiger partial charge in [0.1, 0.15) is 5.65 Å². The van der Waals surface area contributed by atoms with Crippen molar-refractivity contribution in [2.45, 2.75) is 0 Å². The van der Waals surface area contributed by atoms with E-state index >= 15 is 0 Å². The summed E-state index contributed by atoms with van der Waals surface area (Å²) in [6.45, 7) is 0. The van der Waals surface area contributed by atoms with Crippen molar-refractivity contribution in [3.05, 3.63) is 134 Å². The Morgan fingerprint density at radius 2 is 1.38 bits per heavy atom. The van der Waals surface area contributed by atoms with Gasteiger partial charge in [-0.3, -0.25) is 9.38 Å². The first kappa shape index (κ1) is 22.6. The van der Waals surface area contributed by atoms with Gasteiger partial charge in [-0.2, -0.15) is 0 Å². The summed E-state index contributed by atoms with van der Waals surface area (Å²) < 4.78 is 2.33. The SMILES string of the molecule is S=P(c1cccnc1)(c1ccc2ccccc2c1)c1cccc2nc3c4ccccc4c4ccccc4n3c12. The minimum absolute atomic E-state index is 0.952. The maximum absolute atomic E-state index is 6.87. The van der Waals surface area contributed by atoms with E-state index in [1.165, 1.54) is 21.5 Å². The molecule has 0 aliphatic carbocycles. The number of imidazole rings is 1. The van der Waals surface area contributed by atoms with Crippen LogP contribution in [-0.4, -0.2) is 14.4 Å². The van der Waals surface area contributed by atoms with Crippen LogP contribution in [0, 0.1) is 0 Å². The molecule has 3 aromatic heterocycles. The molecule has 8 rings (SSSR count). The predicted molar refractivity (Wildman–Crippen MR) is 169 cm³/mol. The maximum Gasteiger partial charge on any atom is 0.146 e. The molecule has 5 heteroatoms. The van der Waals surface area contributed by atoms with E-state index in [2.05, 4.69) is 125 Å². The molecular formula is C34H22N3PS. The van der Waals surface area contributed by atoms with Crippen LogP contribution in [0.25, 0.3) is 49.1 Å². The van der Waals surface area contributed by atoms with Gasteiger partial charge in [-0.1, -0.05) is 109 Å². The van der Waals surface area contributed by atoms with Crippen LogP contribution >= 0.6 is 6.04 Å². The second kappa shape index (κ2) is 8.57. The lowest BCUT2D eigenvalue weighted by molar-refractivity contribution is 1.32. The topological polar surface area (TPSA) is 30.2 Å². The molecule has 0 radical (unpaired) electrons. The Morgan fingerprint density at radius 1 is 0.615 bits per heavy atom. The number of rotatable bonds is 3. The first-order chi connectivity index (χ1) is 19.2. The molecule has 5 aromatic carbocycles. The Hall–Kier alpha value is -4.37. The fourth-order valence-electron chi connectivity index (χ4n) is 5.93. The van der Waals surface area contributed by atoms with Crippen LogP contribution in [0.15, 0.2) is 134 Å². The van der Waals surface area contributed by atoms with Crippen LogP contribution < -0.4 is 15.9 Å². The molecule has 0 saturated heterocycles. The van der Waals surface area contributed by atoms with E-state index in [1.807, 2.05) is 18.5 Å². The maximum atomic E-state index is 6.87. The van der Waals surface area contributed by atoms with E-state index in [0.717, 1.165) is 43.5 Å². The standard InChI is InChI=1S/C34H22N3PS/c39-38(26-11-8-20-35-22-26,25-19-18-23-9-1-2-10-24(23)21-25)32-17-7-15-30-33(32)37-31-16-6-5-13-28(31)27-12-3-4-14-29(27)34(37)36-30/h1-22H. The van der Waals surface area contributed by atoms with Crippen molar-refractivity contribution in [3.8, 4) is 0 Å². The zero-order valence-electron chi connectivity index (χ0n) is 20.9. The van der Waals surface area contributed by atoms with Crippen molar-refractivity contribution >= 4 is 82.9 Å². The third-order valence-corrected chi connectivity index (χ3v) is 12.6. The molecule has 0 N–H and O–H groups in total. The average Bonchev–Trinajstić information content (AvgIpc) is 3.41. The van der Waals surface area contributed by atoms with Gasteiger partial charge in [-0.25, -0.2) is 4.98 Å². The summed E-state index contributed by atoms with van der Waals surface area (Å²) in [5.74, 6) is 0. The number of hydrogen-bond donors (Lipinski definition) is 0. The van der Waals surface area contributed by atoms with Crippen LogP contribution in [0.5, 0.6) is 0 Å². The smallest absolute Gasteiger partial charge is 0.146 e. The fourth-order valence-corrected chi connectivity index (χ4v) is 9.83. The zero-order chi connectivity index (χ0) is 26.0. The van der Waals surface area contributed by atoms with Gasteiger partial charge in [0, 0.05) is 39.8 Å². The lowest BCUT2D eigenvalue weighted by Gasteiger charge is -2.25. The summed E-state index contributed by atoms with van der Waals surface area (Å²) in [5, 5.41) is 9.30. The van der Waals surface area contributed by atoms with Crippen molar-refractivity contribution in [2.24, 2.45) is 0 Å². The highest BCUT2D eigenvalue weighted by Crippen LogP contribution is 2.46. The molecule has 0 amide bonds. The highest BCUT2D eigenvalue weighted by atomic mass is 32.4. The summed E-state index contributed by atoms with van der Waals surface area (Å²) >= 11 is 6.87. The predicted octanol–water partition coefficient (Wildman–Crippen LogP) is 7.10. The molecular weight excluding hydrogens is 513 g/mol. The van der Waals surface area contributed by atoms with E-state index in [4.69, 9.17) is 16.8 Å². The molecule has 39 heavy (non-hydrogen) atoms. The summed E-state index contributed by atoms with van der Waals surface area (Å²) in [6, 6.07) is 40.3. The van der Waals surface area contributed by atoms with Crippen LogP contribution in [0.4, 0.5) is 0 Å². The minimum atomic E-state index is -2.53. The molecule has 0 fully saturated rings. The normalized spacial score (nSPS) is 13.4. The second-order valence-corrected chi connectivity index (χ2v) is 14.2. The first-order valence-electron chi connectivity index (χ1n) is 12.9. The van der Waals surface area contributed by atoms with Crippen LogP contribution in [0.3, 0.4) is 0 Å². The largest absolute Gasteiger partial charge is 0.291 e. The summed E-state index contributed by atoms with van der Waals surface area (Å²) in [5.41, 5.74) is 4.12. The molecule has 3 heterocycles. The zero-order valence-corrected chi connectivity index (χ0v) is 22.6.